The maximum atomic E-state index is 12.9. The fraction of sp³-hybridized carbons (Fsp3) is 0.409. The quantitative estimate of drug-likeness (QED) is 0.541. The SMILES string of the molecule is CCC(C)Sc1ccc(NC(=O)c2cc(S(=O)(=O)N3CCCC3)ccc2Cl)c(C)c1. The number of hydrogen-bond donors (Lipinski definition) is 1. The molecule has 2 aromatic rings. The molecule has 0 aliphatic carbocycles. The van der Waals surface area contributed by atoms with Gasteiger partial charge in [0.05, 0.1) is 15.5 Å². The number of sulfonamides is 1. The lowest BCUT2D eigenvalue weighted by Gasteiger charge is -2.17. The first-order chi connectivity index (χ1) is 14.2. The molecule has 3 rings (SSSR count). The molecule has 30 heavy (non-hydrogen) atoms. The summed E-state index contributed by atoms with van der Waals surface area (Å²) in [5.41, 5.74) is 1.76. The Kier molecular flexibility index (Phi) is 7.50. The molecule has 1 fully saturated rings. The third-order valence-electron chi connectivity index (χ3n) is 5.24. The summed E-state index contributed by atoms with van der Waals surface area (Å²) < 4.78 is 27.1. The van der Waals surface area contributed by atoms with Gasteiger partial charge in [0.25, 0.3) is 5.91 Å². The second kappa shape index (κ2) is 9.73. The van der Waals surface area contributed by atoms with Crippen molar-refractivity contribution in [2.24, 2.45) is 0 Å². The van der Waals surface area contributed by atoms with E-state index >= 15 is 0 Å². The number of rotatable bonds is 7. The summed E-state index contributed by atoms with van der Waals surface area (Å²) in [6.45, 7) is 7.29. The normalized spacial score (nSPS) is 15.9. The third kappa shape index (κ3) is 5.19. The molecule has 8 heteroatoms. The van der Waals surface area contributed by atoms with E-state index in [-0.39, 0.29) is 15.5 Å². The fourth-order valence-electron chi connectivity index (χ4n) is 3.27. The zero-order valence-electron chi connectivity index (χ0n) is 17.4. The Morgan fingerprint density at radius 2 is 1.90 bits per heavy atom. The van der Waals surface area contributed by atoms with Crippen molar-refractivity contribution in [3.8, 4) is 0 Å². The molecule has 1 N–H and O–H groups in total. The number of aryl methyl sites for hydroxylation is 1. The number of nitrogens with one attached hydrogen (secondary N) is 1. The Hall–Kier alpha value is -1.54. The molecule has 0 saturated carbocycles. The van der Waals surface area contributed by atoms with Gasteiger partial charge >= 0.3 is 0 Å². The molecule has 1 unspecified atom stereocenters. The lowest BCUT2D eigenvalue weighted by molar-refractivity contribution is 0.102. The molecule has 5 nitrogen and oxygen atoms in total. The summed E-state index contributed by atoms with van der Waals surface area (Å²) >= 11 is 8.03. The van der Waals surface area contributed by atoms with Crippen molar-refractivity contribution >= 4 is 45.0 Å². The van der Waals surface area contributed by atoms with Crippen molar-refractivity contribution in [2.75, 3.05) is 18.4 Å². The van der Waals surface area contributed by atoms with E-state index in [0.717, 1.165) is 29.7 Å². The molecule has 1 heterocycles. The van der Waals surface area contributed by atoms with E-state index in [4.69, 9.17) is 11.6 Å². The number of anilines is 1. The van der Waals surface area contributed by atoms with Crippen LogP contribution in [0, 0.1) is 6.92 Å². The second-order valence-corrected chi connectivity index (χ2v) is 11.4. The van der Waals surface area contributed by atoms with Gasteiger partial charge in [0.15, 0.2) is 0 Å². The van der Waals surface area contributed by atoms with Gasteiger partial charge in [0.2, 0.25) is 10.0 Å². The summed E-state index contributed by atoms with van der Waals surface area (Å²) in [7, 11) is -3.62. The maximum Gasteiger partial charge on any atom is 0.257 e. The number of amides is 1. The van der Waals surface area contributed by atoms with E-state index in [0.29, 0.717) is 24.0 Å². The van der Waals surface area contributed by atoms with Crippen LogP contribution < -0.4 is 5.32 Å². The van der Waals surface area contributed by atoms with E-state index in [9.17, 15) is 13.2 Å². The number of carbonyl (C=O) groups is 1. The van der Waals surface area contributed by atoms with Gasteiger partial charge in [-0.1, -0.05) is 25.4 Å². The highest BCUT2D eigenvalue weighted by molar-refractivity contribution is 7.99. The van der Waals surface area contributed by atoms with Gasteiger partial charge in [-0.2, -0.15) is 4.31 Å². The summed E-state index contributed by atoms with van der Waals surface area (Å²) in [6, 6.07) is 10.2. The molecule has 2 aromatic carbocycles. The Balaban J connectivity index is 1.82. The molecule has 0 radical (unpaired) electrons. The van der Waals surface area contributed by atoms with Crippen LogP contribution in [0.5, 0.6) is 0 Å². The van der Waals surface area contributed by atoms with Gasteiger partial charge in [0.1, 0.15) is 0 Å². The monoisotopic (exact) mass is 466 g/mol. The summed E-state index contributed by atoms with van der Waals surface area (Å²) in [6.07, 6.45) is 2.78. The highest BCUT2D eigenvalue weighted by Crippen LogP contribution is 2.30. The van der Waals surface area contributed by atoms with Crippen LogP contribution in [0.4, 0.5) is 5.69 Å². The molecule has 1 saturated heterocycles. The third-order valence-corrected chi connectivity index (χ3v) is 8.73. The summed E-state index contributed by atoms with van der Waals surface area (Å²) in [5, 5.41) is 3.60. The van der Waals surface area contributed by atoms with Crippen molar-refractivity contribution in [3.63, 3.8) is 0 Å². The number of hydrogen-bond acceptors (Lipinski definition) is 4. The molecule has 1 aliphatic rings. The molecule has 1 aliphatic heterocycles. The van der Waals surface area contributed by atoms with E-state index in [1.165, 1.54) is 22.5 Å². The van der Waals surface area contributed by atoms with Crippen molar-refractivity contribution in [3.05, 3.63) is 52.5 Å². The first kappa shape index (κ1) is 23.1. The number of nitrogens with zero attached hydrogens (tertiary/aromatic N) is 1. The van der Waals surface area contributed by atoms with E-state index in [2.05, 4.69) is 19.2 Å². The lowest BCUT2D eigenvalue weighted by Crippen LogP contribution is -2.28. The van der Waals surface area contributed by atoms with Gasteiger partial charge in [-0.15, -0.1) is 11.8 Å². The lowest BCUT2D eigenvalue weighted by atomic mass is 10.1. The Labute approximate surface area is 188 Å². The van der Waals surface area contributed by atoms with Crippen molar-refractivity contribution in [2.45, 2.75) is 55.1 Å². The minimum Gasteiger partial charge on any atom is -0.322 e. The maximum absolute atomic E-state index is 12.9. The number of halogens is 1. The van der Waals surface area contributed by atoms with Crippen molar-refractivity contribution in [1.82, 2.24) is 4.31 Å². The van der Waals surface area contributed by atoms with Crippen molar-refractivity contribution < 1.29 is 13.2 Å². The van der Waals surface area contributed by atoms with E-state index < -0.39 is 15.9 Å². The summed E-state index contributed by atoms with van der Waals surface area (Å²) in [5.74, 6) is -0.427. The minimum atomic E-state index is -3.62. The van der Waals surface area contributed by atoms with Crippen LogP contribution in [-0.2, 0) is 10.0 Å². The minimum absolute atomic E-state index is 0.0935. The molecule has 1 amide bonds. The molecule has 0 bridgehead atoms. The smallest absolute Gasteiger partial charge is 0.257 e. The largest absolute Gasteiger partial charge is 0.322 e. The second-order valence-electron chi connectivity index (χ2n) is 7.52. The molecule has 0 spiro atoms. The highest BCUT2D eigenvalue weighted by atomic mass is 35.5. The number of thioether (sulfide) groups is 1. The average molecular weight is 467 g/mol. The Morgan fingerprint density at radius 1 is 1.20 bits per heavy atom. The van der Waals surface area contributed by atoms with Gasteiger partial charge in [-0.25, -0.2) is 8.42 Å². The van der Waals surface area contributed by atoms with Crippen LogP contribution in [0.1, 0.15) is 49.0 Å². The van der Waals surface area contributed by atoms with Crippen molar-refractivity contribution in [1.29, 1.82) is 0 Å². The van der Waals surface area contributed by atoms with Crippen LogP contribution >= 0.6 is 23.4 Å². The highest BCUT2D eigenvalue weighted by Gasteiger charge is 2.28. The first-order valence-corrected chi connectivity index (χ1v) is 12.8. The van der Waals surface area contributed by atoms with E-state index in [1.54, 1.807) is 11.8 Å². The molecular weight excluding hydrogens is 440 g/mol. The first-order valence-electron chi connectivity index (χ1n) is 10.1. The number of benzene rings is 2. The summed E-state index contributed by atoms with van der Waals surface area (Å²) in [4.78, 5) is 14.1. The predicted octanol–water partition coefficient (Wildman–Crippen LogP) is 5.58. The zero-order chi connectivity index (χ0) is 21.9. The topological polar surface area (TPSA) is 66.5 Å². The number of carbonyl (C=O) groups excluding carboxylic acids is 1. The average Bonchev–Trinajstić information content (AvgIpc) is 3.25. The fourth-order valence-corrected chi connectivity index (χ4v) is 6.04. The van der Waals surface area contributed by atoms with E-state index in [1.807, 2.05) is 25.1 Å². The van der Waals surface area contributed by atoms with Gasteiger partial charge < -0.3 is 5.32 Å². The predicted molar refractivity (Wildman–Crippen MR) is 124 cm³/mol. The van der Waals surface area contributed by atoms with Crippen LogP contribution in [-0.4, -0.2) is 37.0 Å². The Bertz CT molecular complexity index is 1030. The van der Waals surface area contributed by atoms with Crippen LogP contribution in [0.25, 0.3) is 0 Å². The van der Waals surface area contributed by atoms with Gasteiger partial charge in [0, 0.05) is 28.9 Å². The molecular formula is C22H27ClN2O3S2. The van der Waals surface area contributed by atoms with Gasteiger partial charge in [-0.05, 0) is 68.1 Å². The Morgan fingerprint density at radius 3 is 2.53 bits per heavy atom. The zero-order valence-corrected chi connectivity index (χ0v) is 19.8. The molecule has 0 aromatic heterocycles. The van der Waals surface area contributed by atoms with Crippen LogP contribution in [0.2, 0.25) is 5.02 Å². The molecule has 1 atom stereocenters. The van der Waals surface area contributed by atoms with Crippen LogP contribution in [0.3, 0.4) is 0 Å². The molecule has 162 valence electrons. The standard InChI is InChI=1S/C22H27ClN2O3S2/c1-4-16(3)29-17-7-10-21(15(2)13-17)24-22(26)19-14-18(8-9-20(19)23)30(27,28)25-11-5-6-12-25/h7-10,13-14,16H,4-6,11-12H2,1-3H3,(H,24,26). The van der Waals surface area contributed by atoms with Gasteiger partial charge in [-0.3, -0.25) is 4.79 Å². The van der Waals surface area contributed by atoms with Crippen LogP contribution in [0.15, 0.2) is 46.2 Å².